The second-order valence-corrected chi connectivity index (χ2v) is 15.8. The van der Waals surface area contributed by atoms with Crippen LogP contribution in [-0.4, -0.2) is 81.8 Å². The molecule has 4 rings (SSSR count). The molecule has 14 nitrogen and oxygen atoms in total. The molecule has 0 spiro atoms. The van der Waals surface area contributed by atoms with Crippen molar-refractivity contribution in [3.05, 3.63) is 56.8 Å². The molecule has 0 atom stereocenters. The molecule has 0 unspecified atom stereocenters. The van der Waals surface area contributed by atoms with E-state index in [0.29, 0.717) is 38.3 Å². The predicted octanol–water partition coefficient (Wildman–Crippen LogP) is 10.3. The maximum Gasteiger partial charge on any atom is 0.331 e. The minimum atomic E-state index is -0.572. The number of nitrogens with zero attached hydrogens (tertiary/aromatic N) is 6. The molecule has 0 aliphatic carbocycles. The number of rotatable bonds is 21. The fraction of sp³-hybridized carbons (Fsp3) is 0.575. The second-order valence-electron chi connectivity index (χ2n) is 15.0. The lowest BCUT2D eigenvalue weighted by Crippen LogP contribution is -2.43. The number of aromatic nitrogens is 2. The highest BCUT2D eigenvalue weighted by Gasteiger charge is 2.30. The van der Waals surface area contributed by atoms with Crippen molar-refractivity contribution in [2.75, 3.05) is 80.9 Å². The Kier molecular flexibility index (Phi) is 17.5. The summed E-state index contributed by atoms with van der Waals surface area (Å²) in [6.45, 7) is 9.51. The lowest BCUT2D eigenvalue weighted by molar-refractivity contribution is -0.383. The third kappa shape index (κ3) is 13.0. The topological polar surface area (TPSA) is 145 Å². The number of benzene rings is 2. The zero-order valence-corrected chi connectivity index (χ0v) is 35.1. The second kappa shape index (κ2) is 22.0. The summed E-state index contributed by atoms with van der Waals surface area (Å²) in [4.78, 5) is 39.2. The van der Waals surface area contributed by atoms with Gasteiger partial charge in [0.2, 0.25) is 0 Å². The number of ether oxygens (including phenoxy) is 4. The average Bonchev–Trinajstić information content (AvgIpc) is 3.18. The van der Waals surface area contributed by atoms with Crippen LogP contribution in [0.25, 0.3) is 0 Å². The molecule has 308 valence electrons. The van der Waals surface area contributed by atoms with Crippen molar-refractivity contribution in [3.8, 4) is 11.5 Å². The molecular weight excluding hydrogens is 761 g/mol. The number of nitro benzene ring substituents is 1. The van der Waals surface area contributed by atoms with Crippen LogP contribution < -0.4 is 29.5 Å². The third-order valence-corrected chi connectivity index (χ3v) is 10.3. The van der Waals surface area contributed by atoms with Crippen LogP contribution in [0, 0.1) is 15.5 Å². The van der Waals surface area contributed by atoms with Crippen LogP contribution in [0.2, 0.25) is 10.0 Å². The standard InChI is InChI=1S/C40H57Cl2N7O7/c1-40(2,3)18-14-12-10-8-7-9-11-13-15-21-56-28-48(38-36(41)32(53-5)25-33(54-6)37(38)42)39(50)46(4)35-26-34(43-27-44-35)45-30-17-16-29(24-31(30)49(51)52)47-19-22-55-23-20-47/h16-17,24-27H,7-15,18-23,28H2,1-6H3,(H,43,44,45). The Bertz CT molecular complexity index is 1710. The van der Waals surface area contributed by atoms with Crippen LogP contribution in [0.1, 0.15) is 85.0 Å². The van der Waals surface area contributed by atoms with E-state index in [0.717, 1.165) is 24.9 Å². The highest BCUT2D eigenvalue weighted by atomic mass is 35.5. The Morgan fingerprint density at radius 1 is 0.929 bits per heavy atom. The summed E-state index contributed by atoms with van der Waals surface area (Å²) in [5.41, 5.74) is 1.38. The summed E-state index contributed by atoms with van der Waals surface area (Å²) < 4.78 is 22.4. The first-order valence-corrected chi connectivity index (χ1v) is 20.0. The van der Waals surface area contributed by atoms with Gasteiger partial charge in [-0.05, 0) is 30.4 Å². The fourth-order valence-corrected chi connectivity index (χ4v) is 7.09. The van der Waals surface area contributed by atoms with Crippen molar-refractivity contribution in [1.29, 1.82) is 0 Å². The monoisotopic (exact) mass is 817 g/mol. The highest BCUT2D eigenvalue weighted by Crippen LogP contribution is 2.46. The molecule has 1 aliphatic heterocycles. The zero-order valence-electron chi connectivity index (χ0n) is 33.6. The molecular formula is C40H57Cl2N7O7. The molecule has 0 radical (unpaired) electrons. The number of unbranched alkanes of at least 4 members (excludes halogenated alkanes) is 8. The summed E-state index contributed by atoms with van der Waals surface area (Å²) in [5.74, 6) is 0.945. The van der Waals surface area contributed by atoms with Crippen molar-refractivity contribution in [3.63, 3.8) is 0 Å². The minimum absolute atomic E-state index is 0.0972. The summed E-state index contributed by atoms with van der Waals surface area (Å²) in [5, 5.41) is 15.3. The van der Waals surface area contributed by atoms with Crippen molar-refractivity contribution in [2.45, 2.75) is 85.0 Å². The Morgan fingerprint density at radius 3 is 2.12 bits per heavy atom. The number of amides is 2. The highest BCUT2D eigenvalue weighted by molar-refractivity contribution is 6.42. The van der Waals surface area contributed by atoms with Gasteiger partial charge in [0.05, 0.1) is 38.0 Å². The summed E-state index contributed by atoms with van der Waals surface area (Å²) in [7, 11) is 4.44. The number of halogens is 2. The van der Waals surface area contributed by atoms with E-state index in [1.807, 2.05) is 11.0 Å². The first kappa shape index (κ1) is 44.6. The number of urea groups is 1. The molecule has 56 heavy (non-hydrogen) atoms. The Hall–Kier alpha value is -4.11. The van der Waals surface area contributed by atoms with E-state index in [4.69, 9.17) is 42.1 Å². The van der Waals surface area contributed by atoms with Crippen LogP contribution in [-0.2, 0) is 9.47 Å². The van der Waals surface area contributed by atoms with Crippen molar-refractivity contribution >= 4 is 63.6 Å². The molecule has 0 bridgehead atoms. The number of morpholine rings is 1. The predicted molar refractivity (Wildman–Crippen MR) is 224 cm³/mol. The van der Waals surface area contributed by atoms with Crippen molar-refractivity contribution in [2.24, 2.45) is 5.41 Å². The van der Waals surface area contributed by atoms with Crippen LogP contribution >= 0.6 is 23.2 Å². The van der Waals surface area contributed by atoms with Gasteiger partial charge in [-0.3, -0.25) is 19.9 Å². The van der Waals surface area contributed by atoms with Gasteiger partial charge in [-0.1, -0.05) is 95.3 Å². The van der Waals surface area contributed by atoms with Gasteiger partial charge >= 0.3 is 6.03 Å². The van der Waals surface area contributed by atoms with Crippen LogP contribution in [0.15, 0.2) is 36.7 Å². The molecule has 3 aromatic rings. The first-order valence-electron chi connectivity index (χ1n) is 19.3. The largest absolute Gasteiger partial charge is 0.495 e. The normalized spacial score (nSPS) is 13.0. The number of hydrogen-bond donors (Lipinski definition) is 1. The summed E-state index contributed by atoms with van der Waals surface area (Å²) in [6.07, 6.45) is 13.1. The van der Waals surface area contributed by atoms with Gasteiger partial charge < -0.3 is 29.2 Å². The van der Waals surface area contributed by atoms with E-state index >= 15 is 0 Å². The van der Waals surface area contributed by atoms with Gasteiger partial charge in [-0.2, -0.15) is 0 Å². The van der Waals surface area contributed by atoms with Gasteiger partial charge in [0.25, 0.3) is 5.69 Å². The Balaban J connectivity index is 1.43. The van der Waals surface area contributed by atoms with Crippen LogP contribution in [0.3, 0.4) is 0 Å². The first-order chi connectivity index (χ1) is 26.8. The number of nitrogens with one attached hydrogen (secondary N) is 1. The van der Waals surface area contributed by atoms with E-state index < -0.39 is 11.0 Å². The molecule has 1 saturated heterocycles. The molecule has 16 heteroatoms. The SMILES string of the molecule is COc1cc(OC)c(Cl)c(N(COCCCCCCCCCCCC(C)(C)C)C(=O)N(C)c2cc(Nc3ccc(N4CCOCC4)cc3[N+](=O)[O-])ncn2)c1Cl. The maximum atomic E-state index is 14.3. The van der Waals surface area contributed by atoms with E-state index in [9.17, 15) is 14.9 Å². The Labute approximate surface area is 340 Å². The molecule has 0 saturated carbocycles. The molecule has 2 aromatic carbocycles. The van der Waals surface area contributed by atoms with Gasteiger partial charge in [0, 0.05) is 50.6 Å². The third-order valence-electron chi connectivity index (χ3n) is 9.59. The fourth-order valence-electron chi connectivity index (χ4n) is 6.39. The smallest absolute Gasteiger partial charge is 0.331 e. The number of anilines is 5. The van der Waals surface area contributed by atoms with E-state index in [2.05, 4.69) is 36.1 Å². The molecule has 2 amide bonds. The van der Waals surface area contributed by atoms with E-state index in [-0.39, 0.29) is 57.0 Å². The lowest BCUT2D eigenvalue weighted by atomic mass is 9.89. The van der Waals surface area contributed by atoms with Crippen molar-refractivity contribution in [1.82, 2.24) is 9.97 Å². The minimum Gasteiger partial charge on any atom is -0.495 e. The van der Waals surface area contributed by atoms with E-state index in [1.54, 1.807) is 12.1 Å². The van der Waals surface area contributed by atoms with E-state index in [1.165, 1.54) is 94.5 Å². The number of nitro groups is 1. The zero-order chi connectivity index (χ0) is 40.7. The molecule has 2 heterocycles. The maximum absolute atomic E-state index is 14.3. The van der Waals surface area contributed by atoms with Gasteiger partial charge in [-0.25, -0.2) is 14.8 Å². The number of methoxy groups -OCH3 is 2. The quantitative estimate of drug-likeness (QED) is 0.0474. The van der Waals surface area contributed by atoms with Gasteiger partial charge in [-0.15, -0.1) is 0 Å². The lowest BCUT2D eigenvalue weighted by Gasteiger charge is -2.30. The molecule has 1 aromatic heterocycles. The summed E-state index contributed by atoms with van der Waals surface area (Å²) >= 11 is 13.6. The molecule has 1 aliphatic rings. The summed E-state index contributed by atoms with van der Waals surface area (Å²) in [6, 6.07) is 7.45. The molecule has 1 N–H and O–H groups in total. The number of carbonyl (C=O) groups excluding carboxylic acids is 1. The molecule has 1 fully saturated rings. The van der Waals surface area contributed by atoms with Crippen LogP contribution in [0.4, 0.5) is 39.2 Å². The average molecular weight is 819 g/mol. The number of carbonyl (C=O) groups is 1. The van der Waals surface area contributed by atoms with Crippen molar-refractivity contribution < 1.29 is 28.7 Å². The number of hydrogen-bond acceptors (Lipinski definition) is 11. The van der Waals surface area contributed by atoms with Crippen LogP contribution in [0.5, 0.6) is 11.5 Å². The Morgan fingerprint density at radius 2 is 1.54 bits per heavy atom. The van der Waals surface area contributed by atoms with Gasteiger partial charge in [0.15, 0.2) is 0 Å². The van der Waals surface area contributed by atoms with Gasteiger partial charge in [0.1, 0.15) is 51.9 Å².